The molecule has 2 aromatic carbocycles. The molecule has 1 heterocycles. The Morgan fingerprint density at radius 3 is 2.64 bits per heavy atom. The van der Waals surface area contributed by atoms with Gasteiger partial charge in [0.2, 0.25) is 11.8 Å². The highest BCUT2D eigenvalue weighted by molar-refractivity contribution is 5.92. The summed E-state index contributed by atoms with van der Waals surface area (Å²) >= 11 is 0. The van der Waals surface area contributed by atoms with Crippen molar-refractivity contribution in [2.24, 2.45) is 5.92 Å². The van der Waals surface area contributed by atoms with Crippen molar-refractivity contribution < 1.29 is 19.4 Å². The molecule has 0 saturated carbocycles. The molecule has 0 bridgehead atoms. The zero-order valence-electron chi connectivity index (χ0n) is 16.4. The summed E-state index contributed by atoms with van der Waals surface area (Å²) in [5.41, 5.74) is 0.930. The van der Waals surface area contributed by atoms with Crippen LogP contribution in [0.25, 0.3) is 10.8 Å². The van der Waals surface area contributed by atoms with E-state index in [2.05, 4.69) is 10.6 Å². The summed E-state index contributed by atoms with van der Waals surface area (Å²) in [6.45, 7) is 4.42. The summed E-state index contributed by atoms with van der Waals surface area (Å²) in [6.07, 6.45) is 0.301. The van der Waals surface area contributed by atoms with Gasteiger partial charge in [-0.3, -0.25) is 9.59 Å². The monoisotopic (exact) mass is 384 g/mol. The number of fused-ring (bicyclic) bond motifs is 1. The van der Waals surface area contributed by atoms with Crippen LogP contribution in [0.4, 0.5) is 0 Å². The lowest BCUT2D eigenvalue weighted by Gasteiger charge is -2.23. The number of carbonyl (C=O) groups is 2. The summed E-state index contributed by atoms with van der Waals surface area (Å²) in [5, 5.41) is 17.6. The van der Waals surface area contributed by atoms with Gasteiger partial charge in [-0.1, -0.05) is 56.3 Å². The number of nitrogens with one attached hydrogen (secondary N) is 2. The van der Waals surface area contributed by atoms with Gasteiger partial charge in [-0.15, -0.1) is 0 Å². The Kier molecular flexibility index (Phi) is 6.65. The second-order valence-corrected chi connectivity index (χ2v) is 7.73. The molecule has 0 radical (unpaired) electrons. The van der Waals surface area contributed by atoms with E-state index in [1.807, 2.05) is 56.3 Å². The van der Waals surface area contributed by atoms with Gasteiger partial charge in [-0.05, 0) is 35.1 Å². The maximum absolute atomic E-state index is 12.7. The molecule has 3 rings (SSSR count). The van der Waals surface area contributed by atoms with Crippen molar-refractivity contribution in [1.29, 1.82) is 0 Å². The molecule has 150 valence electrons. The fourth-order valence-corrected chi connectivity index (χ4v) is 3.57. The van der Waals surface area contributed by atoms with E-state index in [9.17, 15) is 14.7 Å². The van der Waals surface area contributed by atoms with Gasteiger partial charge in [0.25, 0.3) is 0 Å². The third-order valence-electron chi connectivity index (χ3n) is 4.98. The minimum absolute atomic E-state index is 0.194. The van der Waals surface area contributed by atoms with Gasteiger partial charge >= 0.3 is 0 Å². The van der Waals surface area contributed by atoms with Gasteiger partial charge in [0.1, 0.15) is 6.04 Å². The van der Waals surface area contributed by atoms with E-state index in [1.54, 1.807) is 0 Å². The van der Waals surface area contributed by atoms with E-state index in [4.69, 9.17) is 4.74 Å². The highest BCUT2D eigenvalue weighted by Gasteiger charge is 2.31. The Balaban J connectivity index is 1.67. The molecule has 3 N–H and O–H groups in total. The molecule has 6 nitrogen and oxygen atoms in total. The number of amides is 2. The third-order valence-corrected chi connectivity index (χ3v) is 4.98. The Labute approximate surface area is 165 Å². The first kappa shape index (κ1) is 20.3. The lowest BCUT2D eigenvalue weighted by molar-refractivity contribution is -0.131. The van der Waals surface area contributed by atoms with Crippen molar-refractivity contribution in [3.05, 3.63) is 48.0 Å². The molecule has 0 aliphatic carbocycles. The number of rotatable bonds is 7. The predicted molar refractivity (Wildman–Crippen MR) is 108 cm³/mol. The van der Waals surface area contributed by atoms with Crippen LogP contribution in [0.2, 0.25) is 0 Å². The quantitative estimate of drug-likeness (QED) is 0.683. The lowest BCUT2D eigenvalue weighted by atomic mass is 10.00. The standard InChI is InChI=1S/C22H28N2O4/c1-14(2)12-19(21(26)24-18-10-11-28-22(18)27)23-20(25)13-16-8-5-7-15-6-3-4-9-17(15)16/h3-9,14,18-19,22,27H,10-13H2,1-2H3,(H,23,25)(H,24,26). The molecule has 1 fully saturated rings. The van der Waals surface area contributed by atoms with E-state index in [0.29, 0.717) is 19.4 Å². The Morgan fingerprint density at radius 2 is 1.93 bits per heavy atom. The van der Waals surface area contributed by atoms with Gasteiger partial charge in [0, 0.05) is 0 Å². The minimum atomic E-state index is -0.991. The molecule has 28 heavy (non-hydrogen) atoms. The summed E-state index contributed by atoms with van der Waals surface area (Å²) in [7, 11) is 0. The van der Waals surface area contributed by atoms with Gasteiger partial charge in [-0.25, -0.2) is 0 Å². The van der Waals surface area contributed by atoms with E-state index in [-0.39, 0.29) is 24.2 Å². The first-order valence-corrected chi connectivity index (χ1v) is 9.80. The lowest BCUT2D eigenvalue weighted by Crippen LogP contribution is -2.52. The Bertz CT molecular complexity index is 831. The molecule has 1 saturated heterocycles. The number of carbonyl (C=O) groups excluding carboxylic acids is 2. The van der Waals surface area contributed by atoms with Gasteiger partial charge in [0.05, 0.1) is 19.1 Å². The van der Waals surface area contributed by atoms with Crippen LogP contribution in [0.5, 0.6) is 0 Å². The van der Waals surface area contributed by atoms with Crippen LogP contribution in [0, 0.1) is 5.92 Å². The average Bonchev–Trinajstić information content (AvgIpc) is 3.05. The van der Waals surface area contributed by atoms with E-state index >= 15 is 0 Å². The van der Waals surface area contributed by atoms with Crippen molar-refractivity contribution in [2.45, 2.75) is 51.5 Å². The molecule has 0 aromatic heterocycles. The Morgan fingerprint density at radius 1 is 1.18 bits per heavy atom. The van der Waals surface area contributed by atoms with Gasteiger partial charge in [-0.2, -0.15) is 0 Å². The average molecular weight is 384 g/mol. The molecule has 3 atom stereocenters. The molecular formula is C22H28N2O4. The van der Waals surface area contributed by atoms with Crippen LogP contribution >= 0.6 is 0 Å². The fourth-order valence-electron chi connectivity index (χ4n) is 3.57. The first-order valence-electron chi connectivity index (χ1n) is 9.80. The maximum atomic E-state index is 12.7. The van der Waals surface area contributed by atoms with Gasteiger partial charge in [0.15, 0.2) is 6.29 Å². The smallest absolute Gasteiger partial charge is 0.242 e. The number of benzene rings is 2. The van der Waals surface area contributed by atoms with Crippen LogP contribution in [-0.2, 0) is 20.7 Å². The van der Waals surface area contributed by atoms with Gasteiger partial charge < -0.3 is 20.5 Å². The van der Waals surface area contributed by atoms with Crippen LogP contribution in [0.1, 0.15) is 32.3 Å². The topological polar surface area (TPSA) is 87.7 Å². The zero-order chi connectivity index (χ0) is 20.1. The van der Waals surface area contributed by atoms with Crippen molar-refractivity contribution in [1.82, 2.24) is 10.6 Å². The second-order valence-electron chi connectivity index (χ2n) is 7.73. The van der Waals surface area contributed by atoms with Crippen molar-refractivity contribution >= 4 is 22.6 Å². The summed E-state index contributed by atoms with van der Waals surface area (Å²) in [5.74, 6) is -0.242. The van der Waals surface area contributed by atoms with E-state index in [0.717, 1.165) is 16.3 Å². The molecule has 1 aliphatic heterocycles. The molecule has 0 spiro atoms. The molecule has 6 heteroatoms. The van der Waals surface area contributed by atoms with Crippen LogP contribution in [-0.4, -0.2) is 41.9 Å². The predicted octanol–water partition coefficient (Wildman–Crippen LogP) is 2.14. The van der Waals surface area contributed by atoms with Crippen LogP contribution in [0.3, 0.4) is 0 Å². The van der Waals surface area contributed by atoms with E-state index < -0.39 is 18.4 Å². The molecule has 2 aromatic rings. The zero-order valence-corrected chi connectivity index (χ0v) is 16.4. The van der Waals surface area contributed by atoms with Crippen molar-refractivity contribution in [3.8, 4) is 0 Å². The normalized spacial score (nSPS) is 20.3. The number of ether oxygens (including phenoxy) is 1. The Hall–Kier alpha value is -2.44. The number of aliphatic hydroxyl groups is 1. The highest BCUT2D eigenvalue weighted by Crippen LogP contribution is 2.19. The summed E-state index contributed by atoms with van der Waals surface area (Å²) < 4.78 is 5.08. The fraction of sp³-hybridized carbons (Fsp3) is 0.455. The SMILES string of the molecule is CC(C)CC(NC(=O)Cc1cccc2ccccc12)C(=O)NC1CCOC1O. The summed E-state index contributed by atoms with van der Waals surface area (Å²) in [6, 6.07) is 12.7. The molecule has 3 unspecified atom stereocenters. The minimum Gasteiger partial charge on any atom is -0.366 e. The number of aliphatic hydroxyl groups excluding tert-OH is 1. The van der Waals surface area contributed by atoms with Crippen molar-refractivity contribution in [2.75, 3.05) is 6.61 Å². The maximum Gasteiger partial charge on any atom is 0.242 e. The van der Waals surface area contributed by atoms with E-state index in [1.165, 1.54) is 0 Å². The number of hydrogen-bond acceptors (Lipinski definition) is 4. The molecule has 2 amide bonds. The summed E-state index contributed by atoms with van der Waals surface area (Å²) in [4.78, 5) is 25.4. The van der Waals surface area contributed by atoms with Crippen LogP contribution < -0.4 is 10.6 Å². The second kappa shape index (κ2) is 9.17. The highest BCUT2D eigenvalue weighted by atomic mass is 16.6. The first-order chi connectivity index (χ1) is 13.4. The largest absolute Gasteiger partial charge is 0.366 e. The number of hydrogen-bond donors (Lipinski definition) is 3. The molecular weight excluding hydrogens is 356 g/mol. The van der Waals surface area contributed by atoms with Crippen molar-refractivity contribution in [3.63, 3.8) is 0 Å². The third kappa shape index (κ3) is 5.09. The molecule has 1 aliphatic rings. The van der Waals surface area contributed by atoms with Crippen LogP contribution in [0.15, 0.2) is 42.5 Å².